The quantitative estimate of drug-likeness (QED) is 0.731. The Bertz CT molecular complexity index is 681. The first-order valence-electron chi connectivity index (χ1n) is 10.1. The van der Waals surface area contributed by atoms with E-state index in [1.807, 2.05) is 12.1 Å². The summed E-state index contributed by atoms with van der Waals surface area (Å²) >= 11 is 0. The molecule has 138 valence electrons. The Morgan fingerprint density at radius 2 is 1.42 bits per heavy atom. The van der Waals surface area contributed by atoms with Gasteiger partial charge in [-0.25, -0.2) is 4.39 Å². The molecule has 4 rings (SSSR count). The summed E-state index contributed by atoms with van der Waals surface area (Å²) in [5, 5.41) is 3.69. The third-order valence-electron chi connectivity index (χ3n) is 6.04. The average molecular weight is 352 g/mol. The van der Waals surface area contributed by atoms with E-state index < -0.39 is 0 Å². The van der Waals surface area contributed by atoms with E-state index in [-0.39, 0.29) is 5.82 Å². The van der Waals surface area contributed by atoms with Crippen molar-refractivity contribution in [3.05, 3.63) is 59.9 Å². The van der Waals surface area contributed by atoms with Crippen LogP contribution in [0.3, 0.4) is 0 Å². The first-order valence-corrected chi connectivity index (χ1v) is 10.1. The topological polar surface area (TPSA) is 15.3 Å². The van der Waals surface area contributed by atoms with Gasteiger partial charge in [-0.3, -0.25) is 0 Å². The van der Waals surface area contributed by atoms with Crippen molar-refractivity contribution >= 4 is 11.4 Å². The van der Waals surface area contributed by atoms with Crippen LogP contribution < -0.4 is 10.2 Å². The zero-order valence-electron chi connectivity index (χ0n) is 15.5. The second kappa shape index (κ2) is 8.11. The van der Waals surface area contributed by atoms with Gasteiger partial charge in [0.2, 0.25) is 0 Å². The van der Waals surface area contributed by atoms with Crippen LogP contribution in [0.15, 0.2) is 48.5 Å². The monoisotopic (exact) mass is 352 g/mol. The lowest BCUT2D eigenvalue weighted by molar-refractivity contribution is 0.463. The molecular weight excluding hydrogens is 323 g/mol. The molecule has 1 N–H and O–H groups in total. The molecule has 2 aromatic carbocycles. The van der Waals surface area contributed by atoms with Gasteiger partial charge < -0.3 is 10.2 Å². The molecule has 0 bridgehead atoms. The predicted octanol–water partition coefficient (Wildman–Crippen LogP) is 5.95. The summed E-state index contributed by atoms with van der Waals surface area (Å²) in [4.78, 5) is 2.48. The normalized spacial score (nSPS) is 19.5. The standard InChI is InChI=1S/C23H29FN2/c24-20-8-6-18(7-9-20)19-14-16-26(17-15-19)23-12-10-22(11-13-23)25-21-4-2-1-3-5-21/h6-13,19,21,25H,1-5,14-17H2. The Morgan fingerprint density at radius 3 is 2.08 bits per heavy atom. The van der Waals surface area contributed by atoms with Gasteiger partial charge in [0.1, 0.15) is 5.82 Å². The van der Waals surface area contributed by atoms with Crippen molar-refractivity contribution in [2.24, 2.45) is 0 Å². The largest absolute Gasteiger partial charge is 0.382 e. The highest BCUT2D eigenvalue weighted by Crippen LogP contribution is 2.31. The fourth-order valence-electron chi connectivity index (χ4n) is 4.46. The van der Waals surface area contributed by atoms with E-state index in [1.165, 1.54) is 49.0 Å². The van der Waals surface area contributed by atoms with Crippen LogP contribution in [-0.2, 0) is 0 Å². The molecule has 26 heavy (non-hydrogen) atoms. The maximum Gasteiger partial charge on any atom is 0.123 e. The minimum Gasteiger partial charge on any atom is -0.382 e. The van der Waals surface area contributed by atoms with Gasteiger partial charge in [0.15, 0.2) is 0 Å². The molecule has 3 heteroatoms. The molecule has 2 nitrogen and oxygen atoms in total. The predicted molar refractivity (Wildman–Crippen MR) is 108 cm³/mol. The number of rotatable bonds is 4. The SMILES string of the molecule is Fc1ccc(C2CCN(c3ccc(NC4CCCCC4)cc3)CC2)cc1. The van der Waals surface area contributed by atoms with E-state index in [1.54, 1.807) is 12.1 Å². The van der Waals surface area contributed by atoms with Crippen molar-refractivity contribution in [1.29, 1.82) is 0 Å². The van der Waals surface area contributed by atoms with Crippen molar-refractivity contribution in [2.45, 2.75) is 56.9 Å². The molecule has 0 atom stereocenters. The van der Waals surface area contributed by atoms with Gasteiger partial charge in [-0.15, -0.1) is 0 Å². The molecule has 1 aliphatic carbocycles. The average Bonchev–Trinajstić information content (AvgIpc) is 2.70. The number of halogens is 1. The molecular formula is C23H29FN2. The van der Waals surface area contributed by atoms with Gasteiger partial charge in [0.25, 0.3) is 0 Å². The van der Waals surface area contributed by atoms with Crippen LogP contribution in [0.2, 0.25) is 0 Å². The van der Waals surface area contributed by atoms with Gasteiger partial charge in [0, 0.05) is 30.5 Å². The summed E-state index contributed by atoms with van der Waals surface area (Å²) in [5.41, 5.74) is 3.84. The number of benzene rings is 2. The fourth-order valence-corrected chi connectivity index (χ4v) is 4.46. The molecule has 2 fully saturated rings. The van der Waals surface area contributed by atoms with Crippen molar-refractivity contribution < 1.29 is 4.39 Å². The summed E-state index contributed by atoms with van der Waals surface area (Å²) in [6.07, 6.45) is 8.99. The molecule has 2 aliphatic rings. The lowest BCUT2D eigenvalue weighted by Crippen LogP contribution is -2.32. The van der Waals surface area contributed by atoms with Gasteiger partial charge in [-0.2, -0.15) is 0 Å². The molecule has 1 aliphatic heterocycles. The molecule has 2 aromatic rings. The van der Waals surface area contributed by atoms with Crippen molar-refractivity contribution in [3.8, 4) is 0 Å². The highest BCUT2D eigenvalue weighted by molar-refractivity contribution is 5.55. The van der Waals surface area contributed by atoms with Crippen LogP contribution in [0, 0.1) is 5.82 Å². The van der Waals surface area contributed by atoms with Gasteiger partial charge in [0.05, 0.1) is 0 Å². The van der Waals surface area contributed by atoms with E-state index in [0.29, 0.717) is 12.0 Å². The van der Waals surface area contributed by atoms with E-state index >= 15 is 0 Å². The third-order valence-corrected chi connectivity index (χ3v) is 6.04. The number of anilines is 2. The van der Waals surface area contributed by atoms with Crippen LogP contribution in [-0.4, -0.2) is 19.1 Å². The van der Waals surface area contributed by atoms with Crippen LogP contribution in [0.4, 0.5) is 15.8 Å². The number of nitrogens with one attached hydrogen (secondary N) is 1. The smallest absolute Gasteiger partial charge is 0.123 e. The van der Waals surface area contributed by atoms with Crippen molar-refractivity contribution in [2.75, 3.05) is 23.3 Å². The van der Waals surface area contributed by atoms with Crippen LogP contribution in [0.25, 0.3) is 0 Å². The summed E-state index contributed by atoms with van der Waals surface area (Å²) in [7, 11) is 0. The highest BCUT2D eigenvalue weighted by atomic mass is 19.1. The third kappa shape index (κ3) is 4.20. The number of nitrogens with zero attached hydrogens (tertiary/aromatic N) is 1. The minimum absolute atomic E-state index is 0.145. The summed E-state index contributed by atoms with van der Waals surface area (Å²) in [6, 6.07) is 16.7. The number of hydrogen-bond acceptors (Lipinski definition) is 2. The van der Waals surface area contributed by atoms with Gasteiger partial charge in [-0.1, -0.05) is 31.4 Å². The molecule has 0 amide bonds. The first-order chi connectivity index (χ1) is 12.8. The van der Waals surface area contributed by atoms with Crippen LogP contribution >= 0.6 is 0 Å². The second-order valence-corrected chi connectivity index (χ2v) is 7.84. The van der Waals surface area contributed by atoms with Crippen molar-refractivity contribution in [3.63, 3.8) is 0 Å². The van der Waals surface area contributed by atoms with E-state index in [9.17, 15) is 4.39 Å². The summed E-state index contributed by atoms with van der Waals surface area (Å²) < 4.78 is 13.1. The maximum absolute atomic E-state index is 13.1. The molecule has 0 aromatic heterocycles. The molecule has 1 saturated carbocycles. The Balaban J connectivity index is 1.31. The lowest BCUT2D eigenvalue weighted by Gasteiger charge is -2.34. The maximum atomic E-state index is 13.1. The molecule has 0 spiro atoms. The zero-order chi connectivity index (χ0) is 17.8. The van der Waals surface area contributed by atoms with Gasteiger partial charge in [-0.05, 0) is 73.6 Å². The zero-order valence-corrected chi connectivity index (χ0v) is 15.5. The van der Waals surface area contributed by atoms with Crippen molar-refractivity contribution in [1.82, 2.24) is 0 Å². The Kier molecular flexibility index (Phi) is 5.42. The second-order valence-electron chi connectivity index (χ2n) is 7.84. The van der Waals surface area contributed by atoms with Crippen LogP contribution in [0.5, 0.6) is 0 Å². The molecule has 0 unspecified atom stereocenters. The number of piperidine rings is 1. The Hall–Kier alpha value is -2.03. The lowest BCUT2D eigenvalue weighted by atomic mass is 9.89. The molecule has 1 heterocycles. The minimum atomic E-state index is -0.145. The first kappa shape index (κ1) is 17.4. The van der Waals surface area contributed by atoms with E-state index in [2.05, 4.69) is 34.5 Å². The highest BCUT2D eigenvalue weighted by Gasteiger charge is 2.21. The molecule has 0 radical (unpaired) electrons. The van der Waals surface area contributed by atoms with E-state index in [4.69, 9.17) is 0 Å². The van der Waals surface area contributed by atoms with Crippen LogP contribution in [0.1, 0.15) is 56.4 Å². The number of hydrogen-bond donors (Lipinski definition) is 1. The van der Waals surface area contributed by atoms with Gasteiger partial charge >= 0.3 is 0 Å². The fraction of sp³-hybridized carbons (Fsp3) is 0.478. The molecule has 1 saturated heterocycles. The Labute approximate surface area is 156 Å². The Morgan fingerprint density at radius 1 is 0.769 bits per heavy atom. The summed E-state index contributed by atoms with van der Waals surface area (Å²) in [5.74, 6) is 0.409. The summed E-state index contributed by atoms with van der Waals surface area (Å²) in [6.45, 7) is 2.13. The van der Waals surface area contributed by atoms with E-state index in [0.717, 1.165) is 25.9 Å².